The summed E-state index contributed by atoms with van der Waals surface area (Å²) in [5.41, 5.74) is 0. The summed E-state index contributed by atoms with van der Waals surface area (Å²) >= 11 is 0. The summed E-state index contributed by atoms with van der Waals surface area (Å²) < 4.78 is 5.68. The van der Waals surface area contributed by atoms with Crippen LogP contribution in [0.5, 0.6) is 0 Å². The Balaban J connectivity index is 1.33. The standard InChI is InChI=1S/C26H49O/c1-4-5-6-7-8-9-10-11-12-13-14-15-16-17-22(2)23(3)20-24-18-19-25-26(21-24)27-25/h22-23,25-26H,4-21H2,1-3H3. The van der Waals surface area contributed by atoms with Crippen LogP contribution in [-0.4, -0.2) is 12.2 Å². The lowest BCUT2D eigenvalue weighted by atomic mass is 9.78. The number of epoxide rings is 1. The minimum absolute atomic E-state index is 0.623. The first-order chi connectivity index (χ1) is 13.2. The van der Waals surface area contributed by atoms with Gasteiger partial charge in [0.25, 0.3) is 0 Å². The van der Waals surface area contributed by atoms with Crippen LogP contribution in [0.4, 0.5) is 0 Å². The van der Waals surface area contributed by atoms with Gasteiger partial charge in [0.2, 0.25) is 0 Å². The highest BCUT2D eigenvalue weighted by Crippen LogP contribution is 2.43. The molecule has 0 aromatic carbocycles. The molecule has 4 atom stereocenters. The average Bonchev–Trinajstić information content (AvgIpc) is 3.44. The van der Waals surface area contributed by atoms with Crippen molar-refractivity contribution in [3.8, 4) is 0 Å². The Morgan fingerprint density at radius 1 is 0.741 bits per heavy atom. The molecule has 2 fully saturated rings. The molecule has 2 aliphatic rings. The Morgan fingerprint density at radius 3 is 1.85 bits per heavy atom. The van der Waals surface area contributed by atoms with Gasteiger partial charge in [-0.05, 0) is 43.4 Å². The molecule has 2 rings (SSSR count). The largest absolute Gasteiger partial charge is 0.370 e. The van der Waals surface area contributed by atoms with E-state index < -0.39 is 0 Å². The van der Waals surface area contributed by atoms with Gasteiger partial charge in [0.05, 0.1) is 12.2 Å². The normalized spacial score (nSPS) is 24.6. The molecule has 159 valence electrons. The van der Waals surface area contributed by atoms with Crippen molar-refractivity contribution in [3.63, 3.8) is 0 Å². The van der Waals surface area contributed by atoms with E-state index >= 15 is 0 Å². The number of ether oxygens (including phenoxy) is 1. The third-order valence-corrected chi connectivity index (χ3v) is 7.30. The molecule has 1 heterocycles. The second-order valence-corrected chi connectivity index (χ2v) is 9.90. The molecule has 1 aliphatic carbocycles. The highest BCUT2D eigenvalue weighted by atomic mass is 16.6. The van der Waals surface area contributed by atoms with E-state index in [0.717, 1.165) is 11.8 Å². The van der Waals surface area contributed by atoms with E-state index in [1.54, 1.807) is 5.92 Å². The van der Waals surface area contributed by atoms with Crippen LogP contribution >= 0.6 is 0 Å². The monoisotopic (exact) mass is 377 g/mol. The van der Waals surface area contributed by atoms with Crippen molar-refractivity contribution in [2.24, 2.45) is 11.8 Å². The number of rotatable bonds is 17. The zero-order valence-corrected chi connectivity index (χ0v) is 18.9. The number of fused-ring (bicyclic) bond motifs is 1. The molecule has 0 spiro atoms. The third-order valence-electron chi connectivity index (χ3n) is 7.30. The molecule has 1 saturated heterocycles. The Kier molecular flexibility index (Phi) is 12.1. The van der Waals surface area contributed by atoms with Crippen molar-refractivity contribution in [2.45, 2.75) is 149 Å². The summed E-state index contributed by atoms with van der Waals surface area (Å²) in [5, 5.41) is 0. The quantitative estimate of drug-likeness (QED) is 0.182. The van der Waals surface area contributed by atoms with Crippen LogP contribution < -0.4 is 0 Å². The maximum atomic E-state index is 5.68. The zero-order valence-electron chi connectivity index (χ0n) is 18.9. The molecule has 4 unspecified atom stereocenters. The molecule has 27 heavy (non-hydrogen) atoms. The highest BCUT2D eigenvalue weighted by Gasteiger charge is 2.44. The fourth-order valence-electron chi connectivity index (χ4n) is 4.96. The van der Waals surface area contributed by atoms with Crippen LogP contribution in [0.3, 0.4) is 0 Å². The van der Waals surface area contributed by atoms with E-state index in [-0.39, 0.29) is 0 Å². The minimum Gasteiger partial charge on any atom is -0.370 e. The Bertz CT molecular complexity index is 352. The van der Waals surface area contributed by atoms with E-state index in [1.165, 1.54) is 116 Å². The van der Waals surface area contributed by atoms with E-state index in [1.807, 2.05) is 0 Å². The Hall–Kier alpha value is -0.0400. The lowest BCUT2D eigenvalue weighted by Crippen LogP contribution is -2.17. The van der Waals surface area contributed by atoms with Crippen LogP contribution in [0.25, 0.3) is 0 Å². The van der Waals surface area contributed by atoms with Crippen LogP contribution in [-0.2, 0) is 4.74 Å². The van der Waals surface area contributed by atoms with Crippen molar-refractivity contribution in [1.82, 2.24) is 0 Å². The molecule has 1 aliphatic heterocycles. The van der Waals surface area contributed by atoms with Gasteiger partial charge in [-0.3, -0.25) is 0 Å². The van der Waals surface area contributed by atoms with Gasteiger partial charge < -0.3 is 4.74 Å². The zero-order chi connectivity index (χ0) is 19.3. The molecule has 1 radical (unpaired) electrons. The molecular formula is C26H49O. The molecule has 1 saturated carbocycles. The topological polar surface area (TPSA) is 12.5 Å². The van der Waals surface area contributed by atoms with Crippen molar-refractivity contribution < 1.29 is 4.74 Å². The third kappa shape index (κ3) is 10.3. The molecule has 0 bridgehead atoms. The molecule has 0 N–H and O–H groups in total. The summed E-state index contributed by atoms with van der Waals surface area (Å²) in [5.74, 6) is 3.56. The first-order valence-corrected chi connectivity index (χ1v) is 12.7. The van der Waals surface area contributed by atoms with Crippen LogP contribution in [0, 0.1) is 17.8 Å². The summed E-state index contributed by atoms with van der Waals surface area (Å²) in [6, 6.07) is 0. The molecular weight excluding hydrogens is 328 g/mol. The van der Waals surface area contributed by atoms with Crippen LogP contribution in [0.15, 0.2) is 0 Å². The molecule has 0 aromatic heterocycles. The van der Waals surface area contributed by atoms with Crippen molar-refractivity contribution >= 4 is 0 Å². The highest BCUT2D eigenvalue weighted by molar-refractivity contribution is 5.06. The SMILES string of the molecule is CCCCCCCCCCCCCCCC(C)C(C)C[C]1CCC2OC2C1. The van der Waals surface area contributed by atoms with Crippen molar-refractivity contribution in [1.29, 1.82) is 0 Å². The molecule has 0 amide bonds. The molecule has 1 heteroatoms. The second kappa shape index (κ2) is 14.0. The smallest absolute Gasteiger partial charge is 0.0847 e. The predicted octanol–water partition coefficient (Wildman–Crippen LogP) is 8.66. The van der Waals surface area contributed by atoms with Gasteiger partial charge in [-0.15, -0.1) is 0 Å². The summed E-state index contributed by atoms with van der Waals surface area (Å²) in [6.45, 7) is 7.28. The number of hydrogen-bond donors (Lipinski definition) is 0. The Morgan fingerprint density at radius 2 is 1.30 bits per heavy atom. The van der Waals surface area contributed by atoms with Crippen molar-refractivity contribution in [3.05, 3.63) is 5.92 Å². The fourth-order valence-corrected chi connectivity index (χ4v) is 4.96. The maximum Gasteiger partial charge on any atom is 0.0847 e. The summed E-state index contributed by atoms with van der Waals surface area (Å²) in [4.78, 5) is 0. The lowest BCUT2D eigenvalue weighted by Gasteiger charge is -2.26. The lowest BCUT2D eigenvalue weighted by molar-refractivity contribution is 0.323. The summed E-state index contributed by atoms with van der Waals surface area (Å²) in [7, 11) is 0. The Labute approximate surface area is 171 Å². The first-order valence-electron chi connectivity index (χ1n) is 12.7. The van der Waals surface area contributed by atoms with E-state index in [0.29, 0.717) is 12.2 Å². The fraction of sp³-hybridized carbons (Fsp3) is 0.962. The van der Waals surface area contributed by atoms with E-state index in [9.17, 15) is 0 Å². The van der Waals surface area contributed by atoms with E-state index in [4.69, 9.17) is 4.74 Å². The van der Waals surface area contributed by atoms with Crippen LogP contribution in [0.1, 0.15) is 136 Å². The molecule has 1 nitrogen and oxygen atoms in total. The van der Waals surface area contributed by atoms with Crippen molar-refractivity contribution in [2.75, 3.05) is 0 Å². The number of unbranched alkanes of at least 4 members (excludes halogenated alkanes) is 12. The van der Waals surface area contributed by atoms with Gasteiger partial charge in [-0.25, -0.2) is 0 Å². The van der Waals surface area contributed by atoms with Gasteiger partial charge in [0, 0.05) is 0 Å². The number of hydrogen-bond acceptors (Lipinski definition) is 1. The van der Waals surface area contributed by atoms with Gasteiger partial charge >= 0.3 is 0 Å². The van der Waals surface area contributed by atoms with Crippen LogP contribution in [0.2, 0.25) is 0 Å². The maximum absolute atomic E-state index is 5.68. The molecule has 0 aromatic rings. The summed E-state index contributed by atoms with van der Waals surface area (Å²) in [6.07, 6.45) is 27.0. The second-order valence-electron chi connectivity index (χ2n) is 9.90. The predicted molar refractivity (Wildman–Crippen MR) is 119 cm³/mol. The van der Waals surface area contributed by atoms with E-state index in [2.05, 4.69) is 20.8 Å². The van der Waals surface area contributed by atoms with Gasteiger partial charge in [0.15, 0.2) is 0 Å². The van der Waals surface area contributed by atoms with Gasteiger partial charge in [-0.1, -0.05) is 111 Å². The average molecular weight is 378 g/mol. The minimum atomic E-state index is 0.623. The van der Waals surface area contributed by atoms with Gasteiger partial charge in [-0.2, -0.15) is 0 Å². The van der Waals surface area contributed by atoms with Gasteiger partial charge in [0.1, 0.15) is 0 Å². The first kappa shape index (κ1) is 23.2.